The highest BCUT2D eigenvalue weighted by Crippen LogP contribution is 2.31. The number of carboxylic acid groups (broad SMARTS) is 1. The van der Waals surface area contributed by atoms with E-state index in [1.807, 2.05) is 0 Å². The summed E-state index contributed by atoms with van der Waals surface area (Å²) in [5, 5.41) is 20.1. The quantitative estimate of drug-likeness (QED) is 0.320. The van der Waals surface area contributed by atoms with Crippen LogP contribution in [0.1, 0.15) is 18.4 Å². The molecule has 6 heteroatoms. The van der Waals surface area contributed by atoms with Crippen molar-refractivity contribution in [2.24, 2.45) is 16.8 Å². The van der Waals surface area contributed by atoms with Gasteiger partial charge in [0, 0.05) is 5.56 Å². The number of oxime groups is 1. The van der Waals surface area contributed by atoms with Gasteiger partial charge in [-0.15, -0.1) is 0 Å². The van der Waals surface area contributed by atoms with Crippen molar-refractivity contribution in [3.63, 3.8) is 0 Å². The number of hydrogen-bond acceptors (Lipinski definition) is 4. The maximum atomic E-state index is 10.6. The van der Waals surface area contributed by atoms with Gasteiger partial charge in [0.1, 0.15) is 11.9 Å². The van der Waals surface area contributed by atoms with Crippen LogP contribution < -0.4 is 10.5 Å². The lowest BCUT2D eigenvalue weighted by Crippen LogP contribution is -2.38. The Balaban J connectivity index is 1.90. The summed E-state index contributed by atoms with van der Waals surface area (Å²) in [5.74, 6) is -0.363. The van der Waals surface area contributed by atoms with Crippen LogP contribution in [0.5, 0.6) is 5.75 Å². The fourth-order valence-electron chi connectivity index (χ4n) is 1.82. The molecule has 0 amide bonds. The lowest BCUT2D eigenvalue weighted by molar-refractivity contribution is -0.147. The maximum absolute atomic E-state index is 10.6. The van der Waals surface area contributed by atoms with Crippen LogP contribution >= 0.6 is 0 Å². The van der Waals surface area contributed by atoms with E-state index in [1.165, 1.54) is 0 Å². The van der Waals surface area contributed by atoms with E-state index in [4.69, 9.17) is 20.8 Å². The van der Waals surface area contributed by atoms with Gasteiger partial charge in [0.15, 0.2) is 5.84 Å². The van der Waals surface area contributed by atoms with Crippen LogP contribution in [-0.4, -0.2) is 28.2 Å². The van der Waals surface area contributed by atoms with Crippen molar-refractivity contribution in [1.29, 1.82) is 0 Å². The number of amidine groups is 1. The maximum Gasteiger partial charge on any atom is 0.306 e. The lowest BCUT2D eigenvalue weighted by atomic mass is 9.82. The Morgan fingerprint density at radius 3 is 2.44 bits per heavy atom. The molecule has 6 nitrogen and oxygen atoms in total. The molecule has 4 N–H and O–H groups in total. The van der Waals surface area contributed by atoms with Gasteiger partial charge in [-0.25, -0.2) is 0 Å². The second kappa shape index (κ2) is 4.95. The Bertz CT molecular complexity index is 463. The van der Waals surface area contributed by atoms with Crippen molar-refractivity contribution in [3.8, 4) is 5.75 Å². The number of nitrogens with zero attached hydrogens (tertiary/aromatic N) is 1. The number of nitrogens with two attached hydrogens (primary N) is 1. The van der Waals surface area contributed by atoms with Crippen LogP contribution in [0, 0.1) is 5.92 Å². The molecule has 0 atom stereocenters. The summed E-state index contributed by atoms with van der Waals surface area (Å²) >= 11 is 0. The molecular weight excluding hydrogens is 236 g/mol. The molecular formula is C12H14N2O4. The zero-order valence-electron chi connectivity index (χ0n) is 9.61. The van der Waals surface area contributed by atoms with E-state index in [9.17, 15) is 4.79 Å². The monoisotopic (exact) mass is 250 g/mol. The molecule has 0 heterocycles. The fraction of sp³-hybridized carbons (Fsp3) is 0.333. The van der Waals surface area contributed by atoms with Gasteiger partial charge in [-0.05, 0) is 37.1 Å². The van der Waals surface area contributed by atoms with E-state index in [2.05, 4.69) is 5.16 Å². The summed E-state index contributed by atoms with van der Waals surface area (Å²) in [6.07, 6.45) is 1.04. The first-order valence-electron chi connectivity index (χ1n) is 5.57. The lowest BCUT2D eigenvalue weighted by Gasteiger charge is -2.32. The summed E-state index contributed by atoms with van der Waals surface area (Å²) < 4.78 is 5.59. The van der Waals surface area contributed by atoms with Crippen molar-refractivity contribution in [2.75, 3.05) is 0 Å². The summed E-state index contributed by atoms with van der Waals surface area (Å²) in [4.78, 5) is 10.6. The molecule has 0 spiro atoms. The highest BCUT2D eigenvalue weighted by molar-refractivity contribution is 5.97. The van der Waals surface area contributed by atoms with Crippen LogP contribution in [0.2, 0.25) is 0 Å². The minimum atomic E-state index is -0.767. The third-order valence-electron chi connectivity index (χ3n) is 3.00. The zero-order valence-corrected chi connectivity index (χ0v) is 9.61. The predicted octanol–water partition coefficient (Wildman–Crippen LogP) is 1.02. The summed E-state index contributed by atoms with van der Waals surface area (Å²) in [6, 6.07) is 6.78. The molecule has 0 unspecified atom stereocenters. The van der Waals surface area contributed by atoms with E-state index in [0.717, 1.165) is 0 Å². The molecule has 1 aliphatic rings. The predicted molar refractivity (Wildman–Crippen MR) is 63.7 cm³/mol. The largest absolute Gasteiger partial charge is 0.490 e. The number of hydrogen-bond donors (Lipinski definition) is 3. The second-order valence-corrected chi connectivity index (χ2v) is 4.26. The Labute approximate surface area is 104 Å². The third-order valence-corrected chi connectivity index (χ3v) is 3.00. The Morgan fingerprint density at radius 2 is 1.94 bits per heavy atom. The minimum absolute atomic E-state index is 0.0381. The molecule has 1 aliphatic carbocycles. The topological polar surface area (TPSA) is 105 Å². The smallest absolute Gasteiger partial charge is 0.306 e. The van der Waals surface area contributed by atoms with Crippen molar-refractivity contribution in [3.05, 3.63) is 29.8 Å². The molecule has 18 heavy (non-hydrogen) atoms. The molecule has 0 radical (unpaired) electrons. The van der Waals surface area contributed by atoms with Gasteiger partial charge in [0.25, 0.3) is 0 Å². The number of carbonyl (C=O) groups is 1. The highest BCUT2D eigenvalue weighted by atomic mass is 16.5. The molecule has 0 saturated heterocycles. The summed E-state index contributed by atoms with van der Waals surface area (Å²) in [7, 11) is 0. The van der Waals surface area contributed by atoms with Gasteiger partial charge >= 0.3 is 5.97 Å². The van der Waals surface area contributed by atoms with Gasteiger partial charge < -0.3 is 20.8 Å². The molecule has 1 saturated carbocycles. The number of rotatable bonds is 4. The number of aliphatic carboxylic acids is 1. The van der Waals surface area contributed by atoms with E-state index < -0.39 is 5.97 Å². The first-order chi connectivity index (χ1) is 8.60. The summed E-state index contributed by atoms with van der Waals surface area (Å²) in [5.41, 5.74) is 6.03. The normalized spacial score (nSPS) is 23.2. The van der Waals surface area contributed by atoms with E-state index in [1.54, 1.807) is 24.3 Å². The standard InChI is InChI=1S/C12H14N2O4/c13-11(14-17)7-1-3-9(4-2-7)18-10-5-8(6-10)12(15)16/h1-4,8,10,17H,5-6H2,(H2,13,14)(H,15,16). The van der Waals surface area contributed by atoms with Crippen LogP contribution in [0.25, 0.3) is 0 Å². The van der Waals surface area contributed by atoms with Crippen LogP contribution in [0.4, 0.5) is 0 Å². The summed E-state index contributed by atoms with van der Waals surface area (Å²) in [6.45, 7) is 0. The molecule has 2 rings (SSSR count). The van der Waals surface area contributed by atoms with Crippen molar-refractivity contribution in [2.45, 2.75) is 18.9 Å². The van der Waals surface area contributed by atoms with Crippen molar-refractivity contribution in [1.82, 2.24) is 0 Å². The highest BCUT2D eigenvalue weighted by Gasteiger charge is 2.35. The third kappa shape index (κ3) is 2.53. The van der Waals surface area contributed by atoms with Crippen molar-refractivity contribution >= 4 is 11.8 Å². The molecule has 1 aromatic carbocycles. The van der Waals surface area contributed by atoms with E-state index >= 15 is 0 Å². The Kier molecular flexibility index (Phi) is 3.36. The van der Waals surface area contributed by atoms with Gasteiger partial charge in [-0.2, -0.15) is 0 Å². The Morgan fingerprint density at radius 1 is 1.33 bits per heavy atom. The fourth-order valence-corrected chi connectivity index (χ4v) is 1.82. The average molecular weight is 250 g/mol. The first kappa shape index (κ1) is 12.2. The molecule has 1 fully saturated rings. The van der Waals surface area contributed by atoms with Crippen LogP contribution in [0.3, 0.4) is 0 Å². The first-order valence-corrected chi connectivity index (χ1v) is 5.57. The SMILES string of the molecule is N/C(=N\O)c1ccc(OC2CC(C(=O)O)C2)cc1. The number of ether oxygens (including phenoxy) is 1. The minimum Gasteiger partial charge on any atom is -0.490 e. The average Bonchev–Trinajstić information content (AvgIpc) is 2.32. The molecule has 0 bridgehead atoms. The molecule has 0 aromatic heterocycles. The van der Waals surface area contributed by atoms with Crippen molar-refractivity contribution < 1.29 is 19.8 Å². The van der Waals surface area contributed by atoms with E-state index in [-0.39, 0.29) is 17.9 Å². The number of benzene rings is 1. The molecule has 96 valence electrons. The van der Waals surface area contributed by atoms with Gasteiger partial charge in [-0.3, -0.25) is 4.79 Å². The van der Waals surface area contributed by atoms with Crippen LogP contribution in [0.15, 0.2) is 29.4 Å². The van der Waals surface area contributed by atoms with E-state index in [0.29, 0.717) is 24.2 Å². The molecule has 0 aliphatic heterocycles. The van der Waals surface area contributed by atoms with Gasteiger partial charge in [0.2, 0.25) is 0 Å². The van der Waals surface area contributed by atoms with Gasteiger partial charge in [0.05, 0.1) is 5.92 Å². The van der Waals surface area contributed by atoms with Gasteiger partial charge in [-0.1, -0.05) is 5.16 Å². The second-order valence-electron chi connectivity index (χ2n) is 4.26. The Hall–Kier alpha value is -2.24. The van der Waals surface area contributed by atoms with Crippen LogP contribution in [-0.2, 0) is 4.79 Å². The molecule has 1 aromatic rings. The number of carboxylic acids is 1. The zero-order chi connectivity index (χ0) is 13.1.